The molecule has 299 valence electrons. The Labute approximate surface area is 350 Å². The number of benzene rings is 3. The zero-order chi connectivity index (χ0) is 40.3. The number of aliphatic hydroxyl groups excluding tert-OH is 1. The molecule has 5 rings (SSSR count). The van der Waals surface area contributed by atoms with Crippen LogP contribution >= 0.6 is 11.3 Å². The molecule has 5 heteroatoms. The summed E-state index contributed by atoms with van der Waals surface area (Å²) in [6.07, 6.45) is 4.52. The van der Waals surface area contributed by atoms with Crippen LogP contribution in [0.15, 0.2) is 78.7 Å². The van der Waals surface area contributed by atoms with E-state index in [2.05, 4.69) is 171 Å². The molecule has 2 aromatic heterocycles. The number of rotatable bonds is 10. The molecule has 0 saturated carbocycles. The second-order valence-corrected chi connectivity index (χ2v) is 19.9. The molecule has 0 aliphatic rings. The van der Waals surface area contributed by atoms with E-state index in [0.717, 1.165) is 23.1 Å². The number of hydrogen-bond acceptors (Lipinski definition) is 4. The second-order valence-electron chi connectivity index (χ2n) is 18.9. The zero-order valence-corrected chi connectivity index (χ0v) is 39.4. The molecule has 0 unspecified atom stereocenters. The number of nitrogens with zero attached hydrogens (tertiary/aromatic N) is 1. The van der Waals surface area contributed by atoms with Crippen LogP contribution in [0.5, 0.6) is 0 Å². The van der Waals surface area contributed by atoms with Gasteiger partial charge in [0, 0.05) is 59.5 Å². The van der Waals surface area contributed by atoms with Crippen molar-refractivity contribution in [3.63, 3.8) is 0 Å². The molecule has 0 aliphatic heterocycles. The molecular formula is C50H66IrNO2S-. The molecule has 0 amide bonds. The summed E-state index contributed by atoms with van der Waals surface area (Å²) < 4.78 is 1.24. The van der Waals surface area contributed by atoms with Gasteiger partial charge >= 0.3 is 0 Å². The van der Waals surface area contributed by atoms with Crippen LogP contribution in [0.1, 0.15) is 114 Å². The van der Waals surface area contributed by atoms with Gasteiger partial charge in [-0.05, 0) is 76.0 Å². The SMILES string of the molecule is CC(C)C(C(=O)/C=C(\O)C(C(C)C)C(C)C)C(C)C.Cc1c(-c2ccc(CC(C)(C)C)cc2)sc2c(-c3[c-]c4ccccc4c(C(C)(C)C)c3)nccc12.[Ir]. The number of thiophene rings is 1. The van der Waals surface area contributed by atoms with E-state index in [1.165, 1.54) is 48.7 Å². The first-order valence-electron chi connectivity index (χ1n) is 20.0. The number of aliphatic hydroxyl groups is 1. The molecule has 0 atom stereocenters. The summed E-state index contributed by atoms with van der Waals surface area (Å²) in [5.74, 6) is 1.63. The number of carbonyl (C=O) groups is 1. The third-order valence-electron chi connectivity index (χ3n) is 10.5. The standard InChI is InChI=1S/C33H34NS.C17H32O2.Ir/c1-21-26-16-17-34-29(25-18-24-10-8-9-11-27(24)28(19-25)33(5,6)7)31(26)35-30(21)23-14-12-22(13-15-23)20-32(2,3)4;1-10(2)16(11(3)4)14(18)9-15(19)17(12(5)6)13(7)8;/h8-17,19H,20H2,1-7H3;9-13,16-18H,1-8H3;/q-1;;/b;14-9-;. The average molecular weight is 937 g/mol. The molecule has 1 N–H and O–H groups in total. The van der Waals surface area contributed by atoms with Crippen LogP contribution in [0, 0.1) is 53.9 Å². The molecule has 5 aromatic rings. The van der Waals surface area contributed by atoms with Gasteiger partial charge in [-0.1, -0.05) is 150 Å². The van der Waals surface area contributed by atoms with E-state index in [4.69, 9.17) is 4.98 Å². The molecule has 0 fully saturated rings. The molecule has 55 heavy (non-hydrogen) atoms. The molecule has 2 heterocycles. The van der Waals surface area contributed by atoms with Crippen molar-refractivity contribution < 1.29 is 30.0 Å². The molecule has 3 nitrogen and oxygen atoms in total. The zero-order valence-electron chi connectivity index (χ0n) is 36.1. The fourth-order valence-electron chi connectivity index (χ4n) is 8.20. The monoisotopic (exact) mass is 937 g/mol. The third kappa shape index (κ3) is 11.5. The van der Waals surface area contributed by atoms with E-state index in [1.54, 1.807) is 0 Å². The number of allylic oxidation sites excluding steroid dienone is 2. The number of aryl methyl sites for hydroxylation is 1. The number of hydrogen-bond donors (Lipinski definition) is 1. The molecule has 1 radical (unpaired) electrons. The predicted molar refractivity (Wildman–Crippen MR) is 235 cm³/mol. The van der Waals surface area contributed by atoms with Gasteiger partial charge in [0.05, 0.1) is 5.76 Å². The first kappa shape index (κ1) is 46.3. The third-order valence-corrected chi connectivity index (χ3v) is 11.8. The van der Waals surface area contributed by atoms with Crippen molar-refractivity contribution in [2.24, 2.45) is 40.9 Å². The normalized spacial score (nSPS) is 12.7. The number of carbonyl (C=O) groups excluding carboxylic acids is 1. The quantitative estimate of drug-likeness (QED) is 0.0862. The Bertz CT molecular complexity index is 2050. The minimum atomic E-state index is -0.0119. The number of fused-ring (bicyclic) bond motifs is 2. The number of pyridine rings is 1. The summed E-state index contributed by atoms with van der Waals surface area (Å²) in [6, 6.07) is 25.9. The van der Waals surface area contributed by atoms with E-state index in [9.17, 15) is 9.90 Å². The second kappa shape index (κ2) is 18.9. The Balaban J connectivity index is 0.000000349. The number of ketones is 1. The number of aromatic nitrogens is 1. The summed E-state index contributed by atoms with van der Waals surface area (Å²) in [6.45, 7) is 32.6. The van der Waals surface area contributed by atoms with Gasteiger partial charge in [-0.15, -0.1) is 40.5 Å². The fourth-order valence-corrected chi connectivity index (χ4v) is 9.51. The molecule has 0 aliphatic carbocycles. The van der Waals surface area contributed by atoms with Gasteiger partial charge in [0.15, 0.2) is 5.78 Å². The first-order valence-corrected chi connectivity index (χ1v) is 20.8. The smallest absolute Gasteiger partial charge is 0.162 e. The van der Waals surface area contributed by atoms with Crippen molar-refractivity contribution in [2.45, 2.75) is 116 Å². The van der Waals surface area contributed by atoms with Crippen LogP contribution in [0.4, 0.5) is 0 Å². The predicted octanol–water partition coefficient (Wildman–Crippen LogP) is 14.6. The minimum Gasteiger partial charge on any atom is -0.512 e. The summed E-state index contributed by atoms with van der Waals surface area (Å²) in [7, 11) is 0. The fraction of sp³-hybridized carbons (Fsp3) is 0.480. The minimum absolute atomic E-state index is 0. The van der Waals surface area contributed by atoms with Crippen LogP contribution in [-0.2, 0) is 36.7 Å². The van der Waals surface area contributed by atoms with Crippen molar-refractivity contribution in [3.05, 3.63) is 101 Å². The van der Waals surface area contributed by atoms with Gasteiger partial charge in [0.2, 0.25) is 0 Å². The van der Waals surface area contributed by atoms with Crippen molar-refractivity contribution >= 4 is 38.0 Å². The van der Waals surface area contributed by atoms with E-state index in [0.29, 0.717) is 23.7 Å². The van der Waals surface area contributed by atoms with Crippen LogP contribution in [-0.4, -0.2) is 15.9 Å². The van der Waals surface area contributed by atoms with E-state index in [1.807, 2.05) is 17.5 Å². The summed E-state index contributed by atoms with van der Waals surface area (Å²) >= 11 is 1.85. The van der Waals surface area contributed by atoms with Crippen LogP contribution in [0.2, 0.25) is 0 Å². The molecule has 0 saturated heterocycles. The van der Waals surface area contributed by atoms with Gasteiger partial charge in [-0.2, -0.15) is 0 Å². The maximum absolute atomic E-state index is 12.3. The summed E-state index contributed by atoms with van der Waals surface area (Å²) in [5, 5.41) is 14.0. The van der Waals surface area contributed by atoms with E-state index < -0.39 is 0 Å². The van der Waals surface area contributed by atoms with Gasteiger partial charge < -0.3 is 5.11 Å². The topological polar surface area (TPSA) is 50.2 Å². The molecular weight excluding hydrogens is 871 g/mol. The van der Waals surface area contributed by atoms with Crippen LogP contribution in [0.3, 0.4) is 0 Å². The van der Waals surface area contributed by atoms with Crippen molar-refractivity contribution in [1.82, 2.24) is 4.98 Å². The van der Waals surface area contributed by atoms with Crippen LogP contribution in [0.25, 0.3) is 42.6 Å². The van der Waals surface area contributed by atoms with Gasteiger partial charge in [-0.3, -0.25) is 9.78 Å². The largest absolute Gasteiger partial charge is 0.512 e. The maximum atomic E-state index is 12.3. The Morgan fingerprint density at radius 3 is 1.89 bits per heavy atom. The van der Waals surface area contributed by atoms with Gasteiger partial charge in [-0.25, -0.2) is 0 Å². The van der Waals surface area contributed by atoms with Gasteiger partial charge in [0.25, 0.3) is 0 Å². The van der Waals surface area contributed by atoms with Crippen LogP contribution < -0.4 is 0 Å². The molecule has 0 spiro atoms. The van der Waals surface area contributed by atoms with E-state index in [-0.39, 0.29) is 54.3 Å². The average Bonchev–Trinajstić information content (AvgIpc) is 3.39. The van der Waals surface area contributed by atoms with Crippen molar-refractivity contribution in [3.8, 4) is 21.7 Å². The first-order chi connectivity index (χ1) is 25.1. The Morgan fingerprint density at radius 1 is 0.800 bits per heavy atom. The van der Waals surface area contributed by atoms with E-state index >= 15 is 0 Å². The Morgan fingerprint density at radius 2 is 1.36 bits per heavy atom. The summed E-state index contributed by atoms with van der Waals surface area (Å²) in [5.41, 5.74) is 7.77. The van der Waals surface area contributed by atoms with Crippen molar-refractivity contribution in [2.75, 3.05) is 0 Å². The Hall–Kier alpha value is -3.11. The summed E-state index contributed by atoms with van der Waals surface area (Å²) in [4.78, 5) is 18.6. The van der Waals surface area contributed by atoms with Gasteiger partial charge in [0.1, 0.15) is 0 Å². The van der Waals surface area contributed by atoms with Crippen molar-refractivity contribution in [1.29, 1.82) is 0 Å². The molecule has 0 bridgehead atoms. The molecule has 3 aromatic carbocycles. The Kier molecular flexibility index (Phi) is 15.9. The maximum Gasteiger partial charge on any atom is 0.162 e.